The molecule has 0 radical (unpaired) electrons. The van der Waals surface area contributed by atoms with Crippen molar-refractivity contribution < 1.29 is 14.4 Å². The molecule has 0 saturated carbocycles. The second-order valence-corrected chi connectivity index (χ2v) is 7.18. The van der Waals surface area contributed by atoms with E-state index in [1.54, 1.807) is 11.0 Å². The summed E-state index contributed by atoms with van der Waals surface area (Å²) in [7, 11) is 0. The summed E-state index contributed by atoms with van der Waals surface area (Å²) in [5, 5.41) is 2.80. The van der Waals surface area contributed by atoms with E-state index in [9.17, 15) is 14.4 Å². The van der Waals surface area contributed by atoms with Gasteiger partial charge in [0.1, 0.15) is 6.54 Å². The fourth-order valence-electron chi connectivity index (χ4n) is 3.51. The minimum Gasteiger partial charge on any atom is -0.340 e. The number of amides is 3. The van der Waals surface area contributed by atoms with Crippen molar-refractivity contribution in [3.05, 3.63) is 24.3 Å². The van der Waals surface area contributed by atoms with Crippen LogP contribution in [0.25, 0.3) is 0 Å². The summed E-state index contributed by atoms with van der Waals surface area (Å²) in [5.74, 6) is -0.123. The lowest BCUT2D eigenvalue weighted by molar-refractivity contribution is -0.137. The number of rotatable bonds is 3. The van der Waals surface area contributed by atoms with Gasteiger partial charge in [-0.2, -0.15) is 0 Å². The zero-order chi connectivity index (χ0) is 18.8. The molecule has 1 aromatic carbocycles. The summed E-state index contributed by atoms with van der Waals surface area (Å²) in [5.41, 5.74) is 1.40. The highest BCUT2D eigenvalue weighted by atomic mass is 16.2. The minimum absolute atomic E-state index is 0.0102. The molecule has 0 aliphatic carbocycles. The van der Waals surface area contributed by atoms with Gasteiger partial charge in [-0.15, -0.1) is 0 Å². The average Bonchev–Trinajstić information content (AvgIpc) is 2.65. The molecule has 0 spiro atoms. The third-order valence-electron chi connectivity index (χ3n) is 5.06. The molecular formula is C19H26N4O3. The number of anilines is 2. The molecule has 0 aromatic heterocycles. The van der Waals surface area contributed by atoms with Gasteiger partial charge in [-0.1, -0.05) is 26.0 Å². The number of nitrogens with one attached hydrogen (secondary N) is 1. The largest absolute Gasteiger partial charge is 0.340 e. The maximum atomic E-state index is 13.1. The van der Waals surface area contributed by atoms with Crippen LogP contribution in [0.1, 0.15) is 20.8 Å². The lowest BCUT2D eigenvalue weighted by atomic mass is 10.1. The minimum atomic E-state index is -0.342. The first-order valence-electron chi connectivity index (χ1n) is 9.11. The van der Waals surface area contributed by atoms with Crippen LogP contribution in [-0.4, -0.2) is 66.3 Å². The Labute approximate surface area is 153 Å². The Morgan fingerprint density at radius 1 is 1.00 bits per heavy atom. The number of hydrogen-bond acceptors (Lipinski definition) is 4. The molecule has 1 aromatic rings. The number of benzene rings is 1. The van der Waals surface area contributed by atoms with E-state index in [1.165, 1.54) is 0 Å². The molecule has 140 valence electrons. The Morgan fingerprint density at radius 2 is 1.65 bits per heavy atom. The van der Waals surface area contributed by atoms with Crippen LogP contribution >= 0.6 is 0 Å². The third-order valence-corrected chi connectivity index (χ3v) is 5.06. The van der Waals surface area contributed by atoms with E-state index in [2.05, 4.69) is 10.2 Å². The van der Waals surface area contributed by atoms with Gasteiger partial charge < -0.3 is 10.2 Å². The normalized spacial score (nSPS) is 19.2. The predicted molar refractivity (Wildman–Crippen MR) is 99.9 cm³/mol. The Bertz CT molecular complexity index is 710. The highest BCUT2D eigenvalue weighted by molar-refractivity contribution is 6.11. The molecule has 1 fully saturated rings. The first-order valence-corrected chi connectivity index (χ1v) is 9.11. The molecule has 0 bridgehead atoms. The number of piperazine rings is 1. The lowest BCUT2D eigenvalue weighted by Crippen LogP contribution is -2.57. The zero-order valence-electron chi connectivity index (χ0n) is 15.6. The van der Waals surface area contributed by atoms with Crippen molar-refractivity contribution in [2.45, 2.75) is 26.8 Å². The Morgan fingerprint density at radius 3 is 2.31 bits per heavy atom. The summed E-state index contributed by atoms with van der Waals surface area (Å²) in [6.45, 7) is 8.29. The molecule has 3 amide bonds. The van der Waals surface area contributed by atoms with Gasteiger partial charge in [0.25, 0.3) is 0 Å². The first kappa shape index (κ1) is 18.4. The molecule has 2 aliphatic heterocycles. The van der Waals surface area contributed by atoms with Crippen LogP contribution in [0.15, 0.2) is 24.3 Å². The van der Waals surface area contributed by atoms with Gasteiger partial charge in [0.2, 0.25) is 17.7 Å². The Kier molecular flexibility index (Phi) is 5.27. The standard InChI is InChI=1S/C19H26N4O3/c1-13(2)18(25)22-10-8-21(9-11-22)14(3)19(26)23-12-17(24)20-15-6-4-5-7-16(15)23/h4-7,13-14H,8-12H2,1-3H3,(H,20,24)/t14-/m0/s1. The van der Waals surface area contributed by atoms with E-state index in [4.69, 9.17) is 0 Å². The molecule has 7 heteroatoms. The van der Waals surface area contributed by atoms with E-state index < -0.39 is 0 Å². The molecule has 1 saturated heterocycles. The van der Waals surface area contributed by atoms with Crippen molar-refractivity contribution in [3.63, 3.8) is 0 Å². The predicted octanol–water partition coefficient (Wildman–Crippen LogP) is 1.16. The molecule has 0 unspecified atom stereocenters. The van der Waals surface area contributed by atoms with Crippen molar-refractivity contribution in [2.75, 3.05) is 42.9 Å². The van der Waals surface area contributed by atoms with E-state index in [1.807, 2.05) is 43.9 Å². The van der Waals surface area contributed by atoms with Crippen LogP contribution in [0, 0.1) is 5.92 Å². The van der Waals surface area contributed by atoms with Crippen LogP contribution in [0.3, 0.4) is 0 Å². The average molecular weight is 358 g/mol. The molecule has 2 aliphatic rings. The fraction of sp³-hybridized carbons (Fsp3) is 0.526. The van der Waals surface area contributed by atoms with Crippen molar-refractivity contribution in [3.8, 4) is 0 Å². The smallest absolute Gasteiger partial charge is 0.244 e. The molecule has 1 N–H and O–H groups in total. The van der Waals surface area contributed by atoms with Gasteiger partial charge in [0.05, 0.1) is 17.4 Å². The summed E-state index contributed by atoms with van der Waals surface area (Å²) in [4.78, 5) is 42.6. The molecule has 2 heterocycles. The quantitative estimate of drug-likeness (QED) is 0.880. The summed E-state index contributed by atoms with van der Waals surface area (Å²) >= 11 is 0. The summed E-state index contributed by atoms with van der Waals surface area (Å²) in [6, 6.07) is 7.00. The molecule has 1 atom stereocenters. The maximum absolute atomic E-state index is 13.1. The van der Waals surface area contributed by atoms with Crippen LogP contribution in [0.2, 0.25) is 0 Å². The SMILES string of the molecule is CC(C)C(=O)N1CCN([C@@H](C)C(=O)N2CC(=O)Nc3ccccc32)CC1. The second kappa shape index (κ2) is 7.45. The maximum Gasteiger partial charge on any atom is 0.244 e. The van der Waals surface area contributed by atoms with E-state index in [-0.39, 0.29) is 36.2 Å². The van der Waals surface area contributed by atoms with Crippen molar-refractivity contribution in [2.24, 2.45) is 5.92 Å². The number of fused-ring (bicyclic) bond motifs is 1. The van der Waals surface area contributed by atoms with E-state index in [0.29, 0.717) is 31.9 Å². The monoisotopic (exact) mass is 358 g/mol. The van der Waals surface area contributed by atoms with Crippen LogP contribution in [0.4, 0.5) is 11.4 Å². The van der Waals surface area contributed by atoms with Gasteiger partial charge in [-0.05, 0) is 19.1 Å². The number of carbonyl (C=O) groups excluding carboxylic acids is 3. The second-order valence-electron chi connectivity index (χ2n) is 7.18. The molecule has 7 nitrogen and oxygen atoms in total. The topological polar surface area (TPSA) is 73.0 Å². The van der Waals surface area contributed by atoms with Crippen molar-refractivity contribution in [1.29, 1.82) is 0 Å². The van der Waals surface area contributed by atoms with E-state index in [0.717, 1.165) is 5.69 Å². The van der Waals surface area contributed by atoms with E-state index >= 15 is 0 Å². The van der Waals surface area contributed by atoms with Crippen LogP contribution in [-0.2, 0) is 14.4 Å². The highest BCUT2D eigenvalue weighted by Crippen LogP contribution is 2.29. The van der Waals surface area contributed by atoms with Crippen LogP contribution in [0.5, 0.6) is 0 Å². The van der Waals surface area contributed by atoms with Gasteiger partial charge in [0.15, 0.2) is 0 Å². The summed E-state index contributed by atoms with van der Waals surface area (Å²) in [6.07, 6.45) is 0. The zero-order valence-corrected chi connectivity index (χ0v) is 15.6. The molecular weight excluding hydrogens is 332 g/mol. The van der Waals surface area contributed by atoms with Gasteiger partial charge in [0, 0.05) is 32.1 Å². The number of nitrogens with zero attached hydrogens (tertiary/aromatic N) is 3. The fourth-order valence-corrected chi connectivity index (χ4v) is 3.51. The number of para-hydroxylation sites is 2. The van der Waals surface area contributed by atoms with Gasteiger partial charge >= 0.3 is 0 Å². The number of carbonyl (C=O) groups is 3. The van der Waals surface area contributed by atoms with Gasteiger partial charge in [-0.25, -0.2) is 0 Å². The third kappa shape index (κ3) is 3.58. The first-order chi connectivity index (χ1) is 12.4. The number of hydrogen-bond donors (Lipinski definition) is 1. The summed E-state index contributed by atoms with van der Waals surface area (Å²) < 4.78 is 0. The Hall–Kier alpha value is -2.41. The van der Waals surface area contributed by atoms with Crippen molar-refractivity contribution >= 4 is 29.1 Å². The Balaban J connectivity index is 1.68. The van der Waals surface area contributed by atoms with Crippen LogP contribution < -0.4 is 10.2 Å². The van der Waals surface area contributed by atoms with Gasteiger partial charge in [-0.3, -0.25) is 24.2 Å². The van der Waals surface area contributed by atoms with Crippen molar-refractivity contribution in [1.82, 2.24) is 9.80 Å². The molecule has 3 rings (SSSR count). The lowest BCUT2D eigenvalue weighted by Gasteiger charge is -2.40. The highest BCUT2D eigenvalue weighted by Gasteiger charge is 2.34. The molecule has 26 heavy (non-hydrogen) atoms.